The first kappa shape index (κ1) is 18.8. The van der Waals surface area contributed by atoms with Crippen molar-refractivity contribution < 1.29 is 19.7 Å². The standard InChI is InChI=1S/C23H38O4/c1-14(24)18-6-7-19-17-5-4-15-12-16(25)8-9-21(15,2)20(17)13-23(22(18,19)3)26-10-11-27-23/h14-20,24-25H,4-13H2,1-3H3/t14-,15-,16-,17+,18-,19-,20+,21-,22+/m0/s1. The van der Waals surface area contributed by atoms with Gasteiger partial charge in [0.2, 0.25) is 0 Å². The van der Waals surface area contributed by atoms with Crippen LogP contribution in [-0.4, -0.2) is 41.4 Å². The Morgan fingerprint density at radius 1 is 0.963 bits per heavy atom. The van der Waals surface area contributed by atoms with Gasteiger partial charge in [-0.15, -0.1) is 0 Å². The molecule has 1 aliphatic heterocycles. The molecule has 4 heteroatoms. The van der Waals surface area contributed by atoms with E-state index in [1.54, 1.807) is 0 Å². The molecule has 0 aromatic rings. The maximum Gasteiger partial charge on any atom is 0.174 e. The van der Waals surface area contributed by atoms with Gasteiger partial charge in [0.25, 0.3) is 0 Å². The number of hydrogen-bond acceptors (Lipinski definition) is 4. The van der Waals surface area contributed by atoms with Gasteiger partial charge in [-0.05, 0) is 86.9 Å². The summed E-state index contributed by atoms with van der Waals surface area (Å²) in [4.78, 5) is 0. The topological polar surface area (TPSA) is 58.9 Å². The van der Waals surface area contributed by atoms with E-state index in [2.05, 4.69) is 13.8 Å². The predicted molar refractivity (Wildman–Crippen MR) is 103 cm³/mol. The van der Waals surface area contributed by atoms with E-state index in [0.29, 0.717) is 42.3 Å². The van der Waals surface area contributed by atoms with E-state index in [1.807, 2.05) is 6.92 Å². The highest BCUT2D eigenvalue weighted by molar-refractivity contribution is 5.16. The molecule has 0 aromatic heterocycles. The first-order valence-electron chi connectivity index (χ1n) is 11.5. The summed E-state index contributed by atoms with van der Waals surface area (Å²) in [5.41, 5.74) is 0.213. The highest BCUT2D eigenvalue weighted by Gasteiger charge is 2.71. The highest BCUT2D eigenvalue weighted by Crippen LogP contribution is 2.71. The van der Waals surface area contributed by atoms with Crippen LogP contribution < -0.4 is 0 Å². The van der Waals surface area contributed by atoms with E-state index >= 15 is 0 Å². The summed E-state index contributed by atoms with van der Waals surface area (Å²) in [5, 5.41) is 20.9. The zero-order valence-electron chi connectivity index (χ0n) is 17.3. The average Bonchev–Trinajstić information content (AvgIpc) is 3.23. The lowest BCUT2D eigenvalue weighted by Crippen LogP contribution is -2.65. The fraction of sp³-hybridized carbons (Fsp3) is 1.00. The predicted octanol–water partition coefficient (Wildman–Crippen LogP) is 3.74. The molecule has 0 amide bonds. The molecule has 27 heavy (non-hydrogen) atoms. The molecule has 9 atom stereocenters. The summed E-state index contributed by atoms with van der Waals surface area (Å²) < 4.78 is 13.0. The summed E-state index contributed by atoms with van der Waals surface area (Å²) in [5.74, 6) is 2.30. The zero-order chi connectivity index (χ0) is 19.0. The van der Waals surface area contributed by atoms with Gasteiger partial charge in [0, 0.05) is 11.8 Å². The molecule has 1 heterocycles. The second kappa shape index (κ2) is 6.17. The molecule has 4 aliphatic carbocycles. The third kappa shape index (κ3) is 2.36. The molecule has 0 bridgehead atoms. The van der Waals surface area contributed by atoms with Crippen LogP contribution >= 0.6 is 0 Å². The van der Waals surface area contributed by atoms with Crippen molar-refractivity contribution in [3.8, 4) is 0 Å². The molecule has 1 saturated heterocycles. The number of aliphatic hydroxyl groups is 2. The van der Waals surface area contributed by atoms with E-state index in [0.717, 1.165) is 32.1 Å². The minimum absolute atomic E-state index is 0.0871. The smallest absolute Gasteiger partial charge is 0.174 e. The Morgan fingerprint density at radius 3 is 2.41 bits per heavy atom. The first-order valence-corrected chi connectivity index (χ1v) is 11.5. The number of rotatable bonds is 1. The van der Waals surface area contributed by atoms with Gasteiger partial charge in [-0.1, -0.05) is 13.8 Å². The number of fused-ring (bicyclic) bond motifs is 6. The molecule has 1 spiro atoms. The molecule has 4 nitrogen and oxygen atoms in total. The van der Waals surface area contributed by atoms with Crippen molar-refractivity contribution in [2.24, 2.45) is 40.4 Å². The van der Waals surface area contributed by atoms with Gasteiger partial charge in [0.05, 0.1) is 25.4 Å². The summed E-state index contributed by atoms with van der Waals surface area (Å²) in [6.07, 6.45) is 8.47. The second-order valence-corrected chi connectivity index (χ2v) is 10.9. The average molecular weight is 379 g/mol. The van der Waals surface area contributed by atoms with E-state index < -0.39 is 5.79 Å². The molecule has 0 unspecified atom stereocenters. The molecule has 154 valence electrons. The van der Waals surface area contributed by atoms with Crippen molar-refractivity contribution in [3.05, 3.63) is 0 Å². The lowest BCUT2D eigenvalue weighted by molar-refractivity contribution is -0.315. The van der Waals surface area contributed by atoms with Gasteiger partial charge in [-0.25, -0.2) is 0 Å². The van der Waals surface area contributed by atoms with Gasteiger partial charge < -0.3 is 19.7 Å². The zero-order valence-corrected chi connectivity index (χ0v) is 17.3. The van der Waals surface area contributed by atoms with Crippen molar-refractivity contribution in [2.75, 3.05) is 13.2 Å². The summed E-state index contributed by atoms with van der Waals surface area (Å²) in [7, 11) is 0. The fourth-order valence-corrected chi connectivity index (χ4v) is 8.88. The van der Waals surface area contributed by atoms with Crippen LogP contribution in [0.25, 0.3) is 0 Å². The SMILES string of the molecule is C[C@H](O)[C@@H]1CC[C@H]2[C@H]3CC[C@H]4C[C@@H](O)CC[C@]4(C)[C@@H]3CC3(OCCO3)[C@@]21C. The normalized spacial score (nSPS) is 55.0. The molecular formula is C23H38O4. The van der Waals surface area contributed by atoms with Crippen molar-refractivity contribution >= 4 is 0 Å². The third-order valence-electron chi connectivity index (χ3n) is 10.2. The Labute approximate surface area is 164 Å². The second-order valence-electron chi connectivity index (χ2n) is 10.9. The number of ether oxygens (including phenoxy) is 2. The van der Waals surface area contributed by atoms with Gasteiger partial charge in [-0.2, -0.15) is 0 Å². The summed E-state index contributed by atoms with van der Waals surface area (Å²) in [6.45, 7) is 8.22. The van der Waals surface area contributed by atoms with Crippen LogP contribution in [0.5, 0.6) is 0 Å². The molecule has 5 rings (SSSR count). The minimum Gasteiger partial charge on any atom is -0.393 e. The molecule has 4 saturated carbocycles. The molecule has 0 radical (unpaired) electrons. The molecule has 5 fully saturated rings. The van der Waals surface area contributed by atoms with E-state index in [4.69, 9.17) is 9.47 Å². The molecule has 2 N–H and O–H groups in total. The van der Waals surface area contributed by atoms with Crippen LogP contribution in [0, 0.1) is 40.4 Å². The summed E-state index contributed by atoms with van der Waals surface area (Å²) >= 11 is 0. The molecular weight excluding hydrogens is 340 g/mol. The Morgan fingerprint density at radius 2 is 1.70 bits per heavy atom. The maximum atomic E-state index is 10.6. The highest BCUT2D eigenvalue weighted by atomic mass is 16.7. The van der Waals surface area contributed by atoms with E-state index in [1.165, 1.54) is 19.3 Å². The minimum atomic E-state index is -0.516. The Hall–Kier alpha value is -0.160. The largest absolute Gasteiger partial charge is 0.393 e. The Balaban J connectivity index is 1.56. The van der Waals surface area contributed by atoms with Crippen LogP contribution in [0.15, 0.2) is 0 Å². The first-order chi connectivity index (χ1) is 12.8. The summed E-state index contributed by atoms with van der Waals surface area (Å²) in [6, 6.07) is 0. The van der Waals surface area contributed by atoms with E-state index in [9.17, 15) is 10.2 Å². The van der Waals surface area contributed by atoms with Crippen LogP contribution in [0.3, 0.4) is 0 Å². The quantitative estimate of drug-likeness (QED) is 0.730. The third-order valence-corrected chi connectivity index (χ3v) is 10.2. The Kier molecular flexibility index (Phi) is 4.30. The van der Waals surface area contributed by atoms with Crippen LogP contribution in [0.4, 0.5) is 0 Å². The fourth-order valence-electron chi connectivity index (χ4n) is 8.88. The van der Waals surface area contributed by atoms with Gasteiger partial charge in [0.1, 0.15) is 0 Å². The van der Waals surface area contributed by atoms with Gasteiger partial charge in [-0.3, -0.25) is 0 Å². The van der Waals surface area contributed by atoms with Crippen molar-refractivity contribution in [3.63, 3.8) is 0 Å². The van der Waals surface area contributed by atoms with Gasteiger partial charge in [0.15, 0.2) is 5.79 Å². The van der Waals surface area contributed by atoms with E-state index in [-0.39, 0.29) is 23.5 Å². The Bertz CT molecular complexity index is 585. The monoisotopic (exact) mass is 378 g/mol. The molecule has 5 aliphatic rings. The van der Waals surface area contributed by atoms with Gasteiger partial charge >= 0.3 is 0 Å². The number of hydrogen-bond donors (Lipinski definition) is 2. The van der Waals surface area contributed by atoms with Crippen LogP contribution in [0.2, 0.25) is 0 Å². The van der Waals surface area contributed by atoms with Crippen LogP contribution in [0.1, 0.15) is 72.1 Å². The van der Waals surface area contributed by atoms with Crippen molar-refractivity contribution in [2.45, 2.75) is 90.1 Å². The lowest BCUT2D eigenvalue weighted by Gasteiger charge is -2.65. The number of aliphatic hydroxyl groups excluding tert-OH is 2. The van der Waals surface area contributed by atoms with Crippen LogP contribution in [-0.2, 0) is 9.47 Å². The van der Waals surface area contributed by atoms with Crippen molar-refractivity contribution in [1.29, 1.82) is 0 Å². The maximum absolute atomic E-state index is 10.6. The molecule has 0 aromatic carbocycles. The van der Waals surface area contributed by atoms with Crippen molar-refractivity contribution in [1.82, 2.24) is 0 Å². The lowest BCUT2D eigenvalue weighted by atomic mass is 9.43.